The molecule has 0 aliphatic carbocycles. The van der Waals surface area contributed by atoms with Crippen molar-refractivity contribution in [1.82, 2.24) is 4.90 Å². The predicted octanol–water partition coefficient (Wildman–Crippen LogP) is 4.30. The maximum Gasteiger partial charge on any atom is 0.294 e. The molecule has 1 atom stereocenters. The number of thioether (sulfide) groups is 1. The fourth-order valence-electron chi connectivity index (χ4n) is 1.88. The Labute approximate surface area is 148 Å². The summed E-state index contributed by atoms with van der Waals surface area (Å²) in [5, 5.41) is -0.338. The minimum atomic E-state index is -0.353. The average molecular weight is 394 g/mol. The van der Waals surface area contributed by atoms with Gasteiger partial charge in [0.25, 0.3) is 11.1 Å². The molecule has 23 heavy (non-hydrogen) atoms. The first-order valence-corrected chi connectivity index (χ1v) is 8.72. The van der Waals surface area contributed by atoms with Crippen molar-refractivity contribution in [2.75, 3.05) is 6.54 Å². The standard InChI is InChI=1S/C17H16BrNO3S/c1-4-8-19-16(20)15(23-17(19)21)10-12-6-7-14(13(18)9-12)22-11(3)5-2/h1,6-7,9-11H,5,8H2,2-3H3/b15-10+/t11-/m0/s1. The number of benzene rings is 1. The number of amides is 2. The zero-order valence-corrected chi connectivity index (χ0v) is 15.2. The number of carbonyl (C=O) groups is 2. The van der Waals surface area contributed by atoms with Gasteiger partial charge >= 0.3 is 0 Å². The van der Waals surface area contributed by atoms with Crippen molar-refractivity contribution in [3.8, 4) is 18.1 Å². The van der Waals surface area contributed by atoms with Gasteiger partial charge in [-0.1, -0.05) is 18.9 Å². The lowest BCUT2D eigenvalue weighted by molar-refractivity contribution is -0.122. The van der Waals surface area contributed by atoms with Crippen LogP contribution in [0.1, 0.15) is 25.8 Å². The van der Waals surface area contributed by atoms with Crippen molar-refractivity contribution in [1.29, 1.82) is 0 Å². The average Bonchev–Trinajstić information content (AvgIpc) is 2.78. The summed E-state index contributed by atoms with van der Waals surface area (Å²) in [5.74, 6) is 2.71. The lowest BCUT2D eigenvalue weighted by Gasteiger charge is -2.14. The highest BCUT2D eigenvalue weighted by Gasteiger charge is 2.34. The van der Waals surface area contributed by atoms with Crippen LogP contribution in [0.15, 0.2) is 27.6 Å². The summed E-state index contributed by atoms with van der Waals surface area (Å²) in [6, 6.07) is 5.54. The van der Waals surface area contributed by atoms with E-state index in [1.807, 2.05) is 25.1 Å². The van der Waals surface area contributed by atoms with Crippen LogP contribution >= 0.6 is 27.7 Å². The Morgan fingerprint density at radius 3 is 2.83 bits per heavy atom. The largest absolute Gasteiger partial charge is 0.490 e. The van der Waals surface area contributed by atoms with Crippen molar-refractivity contribution >= 4 is 44.9 Å². The van der Waals surface area contributed by atoms with Crippen molar-refractivity contribution in [3.05, 3.63) is 33.1 Å². The molecule has 1 aliphatic rings. The molecule has 0 aromatic heterocycles. The normalized spacial score (nSPS) is 17.5. The highest BCUT2D eigenvalue weighted by Crippen LogP contribution is 2.33. The summed E-state index contributed by atoms with van der Waals surface area (Å²) in [4.78, 5) is 25.3. The molecular weight excluding hydrogens is 378 g/mol. The summed E-state index contributed by atoms with van der Waals surface area (Å²) in [6.45, 7) is 4.05. The fraction of sp³-hybridized carbons (Fsp3) is 0.294. The predicted molar refractivity (Wildman–Crippen MR) is 96.0 cm³/mol. The number of ether oxygens (including phenoxy) is 1. The SMILES string of the molecule is C#CCN1C(=O)S/C(=C/c2ccc(O[C@@H](C)CC)c(Br)c2)C1=O. The van der Waals surface area contributed by atoms with Crippen LogP contribution in [-0.2, 0) is 4.79 Å². The quantitative estimate of drug-likeness (QED) is 0.552. The molecule has 2 amide bonds. The van der Waals surface area contributed by atoms with Crippen LogP contribution in [0.25, 0.3) is 6.08 Å². The van der Waals surface area contributed by atoms with Crippen molar-refractivity contribution < 1.29 is 14.3 Å². The second-order valence-corrected chi connectivity index (χ2v) is 6.85. The fourth-order valence-corrected chi connectivity index (χ4v) is 3.21. The number of hydrogen-bond donors (Lipinski definition) is 0. The molecule has 2 rings (SSSR count). The number of rotatable bonds is 5. The smallest absolute Gasteiger partial charge is 0.294 e. The monoisotopic (exact) mass is 393 g/mol. The van der Waals surface area contributed by atoms with E-state index in [0.717, 1.165) is 38.9 Å². The van der Waals surface area contributed by atoms with E-state index in [2.05, 4.69) is 28.8 Å². The lowest BCUT2D eigenvalue weighted by atomic mass is 10.2. The zero-order valence-electron chi connectivity index (χ0n) is 12.8. The van der Waals surface area contributed by atoms with E-state index < -0.39 is 0 Å². The van der Waals surface area contributed by atoms with Gasteiger partial charge in [-0.2, -0.15) is 0 Å². The Morgan fingerprint density at radius 2 is 2.22 bits per heavy atom. The minimum absolute atomic E-state index is 0.00656. The molecule has 1 aromatic carbocycles. The van der Waals surface area contributed by atoms with Crippen LogP contribution in [-0.4, -0.2) is 28.7 Å². The third-order valence-corrected chi connectivity index (χ3v) is 4.81. The maximum absolute atomic E-state index is 12.1. The molecule has 0 radical (unpaired) electrons. The van der Waals surface area contributed by atoms with E-state index in [-0.39, 0.29) is 23.8 Å². The Morgan fingerprint density at radius 1 is 1.48 bits per heavy atom. The van der Waals surface area contributed by atoms with Crippen molar-refractivity contribution in [2.45, 2.75) is 26.4 Å². The van der Waals surface area contributed by atoms with Crippen molar-refractivity contribution in [2.24, 2.45) is 0 Å². The zero-order chi connectivity index (χ0) is 17.0. The third-order valence-electron chi connectivity index (χ3n) is 3.28. The molecular formula is C17H16BrNO3S. The first-order chi connectivity index (χ1) is 11.0. The summed E-state index contributed by atoms with van der Waals surface area (Å²) >= 11 is 4.37. The van der Waals surface area contributed by atoms with Gasteiger partial charge < -0.3 is 4.74 Å². The second kappa shape index (κ2) is 7.71. The molecule has 0 saturated carbocycles. The number of imide groups is 1. The van der Waals surface area contributed by atoms with Crippen LogP contribution in [0.4, 0.5) is 4.79 Å². The van der Waals surface area contributed by atoms with Gasteiger partial charge in [-0.3, -0.25) is 14.5 Å². The summed E-state index contributed by atoms with van der Waals surface area (Å²) in [5.41, 5.74) is 0.805. The first kappa shape index (κ1) is 17.6. The van der Waals surface area contributed by atoms with Crippen LogP contribution in [0.3, 0.4) is 0 Å². The molecule has 1 aromatic rings. The Hall–Kier alpha value is -1.71. The van der Waals surface area contributed by atoms with Gasteiger partial charge in [0, 0.05) is 0 Å². The van der Waals surface area contributed by atoms with E-state index in [4.69, 9.17) is 11.2 Å². The van der Waals surface area contributed by atoms with Gasteiger partial charge in [0.15, 0.2) is 0 Å². The number of halogens is 1. The Balaban J connectivity index is 2.21. The van der Waals surface area contributed by atoms with Gasteiger partial charge in [-0.25, -0.2) is 0 Å². The van der Waals surface area contributed by atoms with Crippen molar-refractivity contribution in [3.63, 3.8) is 0 Å². The van der Waals surface area contributed by atoms with Gasteiger partial charge in [0.2, 0.25) is 0 Å². The van der Waals surface area contributed by atoms with E-state index in [1.165, 1.54) is 0 Å². The van der Waals surface area contributed by atoms with E-state index >= 15 is 0 Å². The second-order valence-electron chi connectivity index (χ2n) is 5.00. The van der Waals surface area contributed by atoms with Crippen LogP contribution in [0, 0.1) is 12.3 Å². The first-order valence-electron chi connectivity index (χ1n) is 7.11. The molecule has 0 unspecified atom stereocenters. The lowest BCUT2D eigenvalue weighted by Crippen LogP contribution is -2.28. The molecule has 120 valence electrons. The minimum Gasteiger partial charge on any atom is -0.490 e. The van der Waals surface area contributed by atoms with Gasteiger partial charge in [-0.15, -0.1) is 6.42 Å². The van der Waals surface area contributed by atoms with E-state index in [1.54, 1.807) is 6.08 Å². The topological polar surface area (TPSA) is 46.6 Å². The molecule has 1 heterocycles. The van der Waals surface area contributed by atoms with Gasteiger partial charge in [-0.05, 0) is 64.8 Å². The highest BCUT2D eigenvalue weighted by atomic mass is 79.9. The molecule has 4 nitrogen and oxygen atoms in total. The molecule has 0 spiro atoms. The van der Waals surface area contributed by atoms with Crippen LogP contribution in [0.5, 0.6) is 5.75 Å². The third kappa shape index (κ3) is 4.18. The Kier molecular flexibility index (Phi) is 5.91. The Bertz CT molecular complexity index is 708. The highest BCUT2D eigenvalue weighted by molar-refractivity contribution is 9.10. The molecule has 1 aliphatic heterocycles. The number of terminal acetylenes is 1. The van der Waals surface area contributed by atoms with Gasteiger partial charge in [0.05, 0.1) is 22.0 Å². The number of nitrogens with zero attached hydrogens (tertiary/aromatic N) is 1. The van der Waals surface area contributed by atoms with Gasteiger partial charge in [0.1, 0.15) is 5.75 Å². The summed E-state index contributed by atoms with van der Waals surface area (Å²) < 4.78 is 6.58. The molecule has 0 N–H and O–H groups in total. The molecule has 6 heteroatoms. The summed E-state index contributed by atoms with van der Waals surface area (Å²) in [7, 11) is 0. The molecule has 0 bridgehead atoms. The van der Waals surface area contributed by atoms with E-state index in [9.17, 15) is 9.59 Å². The number of hydrogen-bond acceptors (Lipinski definition) is 4. The van der Waals surface area contributed by atoms with E-state index in [0.29, 0.717) is 4.91 Å². The van der Waals surface area contributed by atoms with Crippen LogP contribution in [0.2, 0.25) is 0 Å². The maximum atomic E-state index is 12.1. The van der Waals surface area contributed by atoms with Crippen LogP contribution < -0.4 is 4.74 Å². The molecule has 1 fully saturated rings. The molecule has 1 saturated heterocycles. The summed E-state index contributed by atoms with van der Waals surface area (Å²) in [6.07, 6.45) is 7.89. The number of carbonyl (C=O) groups excluding carboxylic acids is 2.